The van der Waals surface area contributed by atoms with Crippen LogP contribution in [0.15, 0.2) is 48.5 Å². The van der Waals surface area contributed by atoms with Crippen LogP contribution in [-0.2, 0) is 0 Å². The number of benzene rings is 2. The Morgan fingerprint density at radius 3 is 1.41 bits per heavy atom. The molecule has 85 valence electrons. The van der Waals surface area contributed by atoms with E-state index >= 15 is 0 Å². The second kappa shape index (κ2) is 6.28. The number of hydrogen-bond acceptors (Lipinski definition) is 1. The van der Waals surface area contributed by atoms with Gasteiger partial charge in [-0.2, -0.15) is 0 Å². The van der Waals surface area contributed by atoms with Gasteiger partial charge in [0.25, 0.3) is 0 Å². The van der Waals surface area contributed by atoms with E-state index in [0.717, 1.165) is 10.0 Å². The normalized spacial score (nSPS) is 10.5. The van der Waals surface area contributed by atoms with Crippen molar-refractivity contribution in [3.8, 4) is 0 Å². The average Bonchev–Trinajstić information content (AvgIpc) is 2.35. The fraction of sp³-hybridized carbons (Fsp3) is 0.0769. The number of rotatable bonds is 3. The zero-order valence-electron chi connectivity index (χ0n) is 8.86. The Morgan fingerprint density at radius 1 is 0.765 bits per heavy atom. The maximum absolute atomic E-state index is 5.90. The molecular formula is C13H9Cl2SSn. The molecule has 0 amide bonds. The second-order valence-electron chi connectivity index (χ2n) is 3.65. The van der Waals surface area contributed by atoms with Crippen molar-refractivity contribution in [2.75, 3.05) is 0 Å². The predicted molar refractivity (Wildman–Crippen MR) is 78.1 cm³/mol. The van der Waals surface area contributed by atoms with Gasteiger partial charge in [-0.15, -0.1) is 0 Å². The summed E-state index contributed by atoms with van der Waals surface area (Å²) in [7, 11) is 5.41. The van der Waals surface area contributed by atoms with E-state index in [0.29, 0.717) is 3.93 Å². The van der Waals surface area contributed by atoms with Crippen molar-refractivity contribution in [1.82, 2.24) is 0 Å². The molecule has 2 aromatic carbocycles. The van der Waals surface area contributed by atoms with Crippen molar-refractivity contribution in [2.24, 2.45) is 0 Å². The summed E-state index contributed by atoms with van der Waals surface area (Å²) in [5, 5.41) is 1.52. The Hall–Kier alpha value is 0.0387. The maximum atomic E-state index is 5.90. The minimum absolute atomic E-state index is 0.392. The Balaban J connectivity index is 2.36. The van der Waals surface area contributed by atoms with Crippen LogP contribution in [0, 0.1) is 0 Å². The quantitative estimate of drug-likeness (QED) is 0.676. The predicted octanol–water partition coefficient (Wildman–Crippen LogP) is 4.90. The molecule has 0 aliphatic carbocycles. The second-order valence-corrected chi connectivity index (χ2v) is 8.43. The minimum atomic E-state index is -0.873. The molecule has 0 fully saturated rings. The summed E-state index contributed by atoms with van der Waals surface area (Å²) in [5.41, 5.74) is 2.52. The summed E-state index contributed by atoms with van der Waals surface area (Å²) >= 11 is 10.9. The Labute approximate surface area is 124 Å². The molecule has 0 saturated heterocycles. The summed E-state index contributed by atoms with van der Waals surface area (Å²) in [6, 6.07) is 15.9. The molecule has 0 heterocycles. The molecular weight excluding hydrogens is 378 g/mol. The molecule has 1 radical (unpaired) electrons. The fourth-order valence-electron chi connectivity index (χ4n) is 1.64. The van der Waals surface area contributed by atoms with E-state index in [1.807, 2.05) is 24.3 Å². The van der Waals surface area contributed by atoms with Gasteiger partial charge in [-0.3, -0.25) is 0 Å². The van der Waals surface area contributed by atoms with Gasteiger partial charge in [0.15, 0.2) is 0 Å². The van der Waals surface area contributed by atoms with Crippen LogP contribution in [-0.4, -0.2) is 19.2 Å². The van der Waals surface area contributed by atoms with Crippen molar-refractivity contribution >= 4 is 51.7 Å². The van der Waals surface area contributed by atoms with Crippen LogP contribution in [0.2, 0.25) is 10.0 Å². The van der Waals surface area contributed by atoms with Crippen LogP contribution in [0.4, 0.5) is 0 Å². The van der Waals surface area contributed by atoms with Crippen LogP contribution >= 0.6 is 32.5 Å². The van der Waals surface area contributed by atoms with Gasteiger partial charge < -0.3 is 0 Å². The molecule has 0 spiro atoms. The first kappa shape index (κ1) is 13.5. The molecule has 0 aromatic heterocycles. The first-order chi connectivity index (χ1) is 8.20. The van der Waals surface area contributed by atoms with E-state index in [1.54, 1.807) is 0 Å². The molecule has 0 nitrogen and oxygen atoms in total. The summed E-state index contributed by atoms with van der Waals surface area (Å²) in [5.74, 6) is 0. The standard InChI is InChI=1S/C13H9Cl2.S.Sn/c14-12-5-1-10(2-6-12)9-11-3-7-13(15)8-4-11;;/h1-9H;;. The van der Waals surface area contributed by atoms with Gasteiger partial charge in [0.05, 0.1) is 0 Å². The molecule has 0 aliphatic heterocycles. The van der Waals surface area contributed by atoms with Crippen LogP contribution < -0.4 is 0 Å². The molecule has 4 heteroatoms. The SMILES string of the molecule is [S]=[Sn][CH](c1ccc(Cl)cc1)c1ccc(Cl)cc1. The van der Waals surface area contributed by atoms with Crippen molar-refractivity contribution in [3.05, 3.63) is 69.7 Å². The van der Waals surface area contributed by atoms with E-state index in [2.05, 4.69) is 24.3 Å². The van der Waals surface area contributed by atoms with Crippen molar-refractivity contribution in [2.45, 2.75) is 3.93 Å². The third kappa shape index (κ3) is 3.50. The monoisotopic (exact) mass is 387 g/mol. The van der Waals surface area contributed by atoms with Gasteiger partial charge in [-0.25, -0.2) is 0 Å². The van der Waals surface area contributed by atoms with E-state index in [1.165, 1.54) is 11.1 Å². The zero-order chi connectivity index (χ0) is 12.3. The van der Waals surface area contributed by atoms with Gasteiger partial charge in [-0.05, 0) is 0 Å². The number of hydrogen-bond donors (Lipinski definition) is 0. The summed E-state index contributed by atoms with van der Waals surface area (Å²) in [4.78, 5) is 0. The molecule has 17 heavy (non-hydrogen) atoms. The van der Waals surface area contributed by atoms with E-state index < -0.39 is 19.2 Å². The van der Waals surface area contributed by atoms with E-state index in [9.17, 15) is 0 Å². The van der Waals surface area contributed by atoms with Crippen LogP contribution in [0.3, 0.4) is 0 Å². The summed E-state index contributed by atoms with van der Waals surface area (Å²) in [6.45, 7) is 0. The molecule has 0 saturated carbocycles. The molecule has 0 aliphatic rings. The van der Waals surface area contributed by atoms with Crippen LogP contribution in [0.1, 0.15) is 15.1 Å². The topological polar surface area (TPSA) is 0 Å². The first-order valence-electron chi connectivity index (χ1n) is 5.09. The Morgan fingerprint density at radius 2 is 1.12 bits per heavy atom. The van der Waals surface area contributed by atoms with Gasteiger partial charge in [0.2, 0.25) is 0 Å². The summed E-state index contributed by atoms with van der Waals surface area (Å²) < 4.78 is 0.392. The molecule has 0 unspecified atom stereocenters. The van der Waals surface area contributed by atoms with Crippen molar-refractivity contribution in [1.29, 1.82) is 0 Å². The summed E-state index contributed by atoms with van der Waals surface area (Å²) in [6.07, 6.45) is 0. The van der Waals surface area contributed by atoms with Gasteiger partial charge in [0, 0.05) is 0 Å². The van der Waals surface area contributed by atoms with E-state index in [-0.39, 0.29) is 0 Å². The average molecular weight is 387 g/mol. The van der Waals surface area contributed by atoms with Crippen LogP contribution in [0.5, 0.6) is 0 Å². The third-order valence-corrected chi connectivity index (χ3v) is 7.19. The number of halogens is 2. The van der Waals surface area contributed by atoms with E-state index in [4.69, 9.17) is 32.5 Å². The molecule has 0 N–H and O–H groups in total. The Bertz CT molecular complexity index is 462. The zero-order valence-corrected chi connectivity index (χ0v) is 14.0. The molecule has 0 atom stereocenters. The van der Waals surface area contributed by atoms with Crippen LogP contribution in [0.25, 0.3) is 0 Å². The molecule has 0 bridgehead atoms. The third-order valence-electron chi connectivity index (χ3n) is 2.52. The fourth-order valence-corrected chi connectivity index (χ4v) is 5.59. The first-order valence-corrected chi connectivity index (χ1v) is 11.4. The Kier molecular flexibility index (Phi) is 4.97. The van der Waals surface area contributed by atoms with Gasteiger partial charge >= 0.3 is 125 Å². The van der Waals surface area contributed by atoms with Gasteiger partial charge in [-0.1, -0.05) is 0 Å². The van der Waals surface area contributed by atoms with Gasteiger partial charge in [0.1, 0.15) is 0 Å². The van der Waals surface area contributed by atoms with Crippen molar-refractivity contribution < 1.29 is 0 Å². The molecule has 2 rings (SSSR count). The van der Waals surface area contributed by atoms with Crippen molar-refractivity contribution in [3.63, 3.8) is 0 Å². The molecule has 2 aromatic rings.